The first-order chi connectivity index (χ1) is 25.1. The van der Waals surface area contributed by atoms with E-state index in [9.17, 15) is 9.59 Å². The quantitative estimate of drug-likeness (QED) is 0.0571. The molecular formula is C40H46N4O4S3. The van der Waals surface area contributed by atoms with E-state index in [4.69, 9.17) is 19.4 Å². The topological polar surface area (TPSA) is 87.2 Å². The molecule has 0 N–H and O–H groups in total. The Morgan fingerprint density at radius 3 is 1.45 bits per heavy atom. The SMILES string of the molecule is CCCCCCCCOCCc1cc2c(nc3c4sc5c6c(ccc(c(=O)n23)c46)c(=O)n2c3cc(CCOCCCCCCCC)sc3nc52)s1. The van der Waals surface area contributed by atoms with Crippen LogP contribution in [-0.2, 0) is 22.3 Å². The maximum atomic E-state index is 14.1. The van der Waals surface area contributed by atoms with Gasteiger partial charge in [0.1, 0.15) is 9.66 Å². The minimum absolute atomic E-state index is 0.0923. The number of unbranched alkanes of at least 4 members (excludes halogenated alkanes) is 10. The first kappa shape index (κ1) is 34.8. The van der Waals surface area contributed by atoms with Crippen molar-refractivity contribution in [2.24, 2.45) is 0 Å². The summed E-state index contributed by atoms with van der Waals surface area (Å²) < 4.78 is 17.3. The van der Waals surface area contributed by atoms with Gasteiger partial charge in [-0.1, -0.05) is 78.1 Å². The van der Waals surface area contributed by atoms with Crippen molar-refractivity contribution in [1.82, 2.24) is 18.8 Å². The number of imidazole rings is 2. The molecule has 0 atom stereocenters. The van der Waals surface area contributed by atoms with E-state index in [-0.39, 0.29) is 11.1 Å². The molecule has 0 spiro atoms. The van der Waals surface area contributed by atoms with Gasteiger partial charge in [-0.3, -0.25) is 18.4 Å². The number of hydrogen-bond acceptors (Lipinski definition) is 9. The summed E-state index contributed by atoms with van der Waals surface area (Å²) in [5, 5.41) is 2.90. The molecule has 0 aliphatic rings. The van der Waals surface area contributed by atoms with Crippen molar-refractivity contribution in [3.63, 3.8) is 0 Å². The Hall–Kier alpha value is -3.22. The molecular weight excluding hydrogens is 697 g/mol. The largest absolute Gasteiger partial charge is 0.381 e. The monoisotopic (exact) mass is 742 g/mol. The van der Waals surface area contributed by atoms with Crippen LogP contribution in [0.2, 0.25) is 0 Å². The third-order valence-electron chi connectivity index (χ3n) is 10.2. The van der Waals surface area contributed by atoms with Crippen LogP contribution in [0, 0.1) is 0 Å². The molecule has 0 saturated heterocycles. The molecule has 7 heterocycles. The predicted molar refractivity (Wildman–Crippen MR) is 216 cm³/mol. The molecule has 0 aliphatic carbocycles. The average Bonchev–Trinajstić information content (AvgIpc) is 3.94. The van der Waals surface area contributed by atoms with E-state index in [1.54, 1.807) is 42.8 Å². The molecule has 0 bridgehead atoms. The molecule has 8 nitrogen and oxygen atoms in total. The second kappa shape index (κ2) is 15.4. The Balaban J connectivity index is 1.04. The van der Waals surface area contributed by atoms with Crippen LogP contribution in [-0.4, -0.2) is 45.2 Å². The number of fused-ring (bicyclic) bond motifs is 8. The summed E-state index contributed by atoms with van der Waals surface area (Å²) in [7, 11) is 0. The van der Waals surface area contributed by atoms with Crippen molar-refractivity contribution >= 4 is 96.9 Å². The van der Waals surface area contributed by atoms with Gasteiger partial charge in [0, 0.05) is 57.4 Å². The zero-order valence-corrected chi connectivity index (χ0v) is 32.1. The number of benzene rings is 1. The summed E-state index contributed by atoms with van der Waals surface area (Å²) in [5.74, 6) is 0. The van der Waals surface area contributed by atoms with Gasteiger partial charge in [0.05, 0.1) is 33.6 Å². The normalized spacial score (nSPS) is 12.7. The van der Waals surface area contributed by atoms with Gasteiger partial charge in [-0.05, 0) is 37.1 Å². The standard InChI is InChI=1S/C40H46N4O4S3/c1-3-5-7-9-11-13-19-47-21-17-25-23-29-37(49-25)41-35-33-31-27(39(45)43(29)35)15-16-28-32(31)34(51-33)36-42-38-30(44(36)40(28)46)24-26(50-38)18-22-48-20-14-12-10-8-6-4-2/h15-16,23-24H,3-14,17-22H2,1-2H3. The van der Waals surface area contributed by atoms with E-state index in [0.29, 0.717) is 35.3 Å². The lowest BCUT2D eigenvalue weighted by Gasteiger charge is -2.04. The van der Waals surface area contributed by atoms with Crippen molar-refractivity contribution in [2.45, 2.75) is 104 Å². The lowest BCUT2D eigenvalue weighted by Crippen LogP contribution is -2.15. The average molecular weight is 743 g/mol. The van der Waals surface area contributed by atoms with Crippen LogP contribution in [0.3, 0.4) is 0 Å². The van der Waals surface area contributed by atoms with E-state index in [1.807, 2.05) is 12.1 Å². The molecule has 1 aromatic carbocycles. The molecule has 8 aromatic rings. The molecule has 268 valence electrons. The zero-order valence-electron chi connectivity index (χ0n) is 29.7. The van der Waals surface area contributed by atoms with Crippen LogP contribution < -0.4 is 11.1 Å². The van der Waals surface area contributed by atoms with Crippen LogP contribution in [0.4, 0.5) is 0 Å². The maximum Gasteiger partial charge on any atom is 0.264 e. The fourth-order valence-electron chi connectivity index (χ4n) is 7.51. The number of nitrogens with zero attached hydrogens (tertiary/aromatic N) is 4. The Bertz CT molecular complexity index is 2370. The molecule has 7 aromatic heterocycles. The van der Waals surface area contributed by atoms with Gasteiger partial charge in [0.15, 0.2) is 11.3 Å². The van der Waals surface area contributed by atoms with E-state index in [2.05, 4.69) is 26.0 Å². The van der Waals surface area contributed by atoms with Gasteiger partial charge in [-0.25, -0.2) is 9.97 Å². The number of thiophene rings is 3. The zero-order chi connectivity index (χ0) is 34.9. The number of pyridine rings is 2. The molecule has 0 aliphatic heterocycles. The van der Waals surface area contributed by atoms with Crippen LogP contribution in [0.25, 0.3) is 62.9 Å². The minimum Gasteiger partial charge on any atom is -0.381 e. The van der Waals surface area contributed by atoms with Crippen LogP contribution in [0.15, 0.2) is 33.9 Å². The molecule has 11 heteroatoms. The lowest BCUT2D eigenvalue weighted by atomic mass is 10.0. The number of ether oxygens (including phenoxy) is 2. The van der Waals surface area contributed by atoms with Crippen molar-refractivity contribution in [3.05, 3.63) is 54.7 Å². The lowest BCUT2D eigenvalue weighted by molar-refractivity contribution is 0.133. The van der Waals surface area contributed by atoms with E-state index < -0.39 is 0 Å². The van der Waals surface area contributed by atoms with Crippen molar-refractivity contribution in [2.75, 3.05) is 26.4 Å². The second-order valence-corrected chi connectivity index (χ2v) is 17.1. The van der Waals surface area contributed by atoms with Gasteiger partial charge in [0.2, 0.25) is 0 Å². The first-order valence-corrected chi connectivity index (χ1v) is 21.4. The summed E-state index contributed by atoms with van der Waals surface area (Å²) in [6, 6.07) is 7.87. The van der Waals surface area contributed by atoms with Gasteiger partial charge < -0.3 is 9.47 Å². The number of aromatic nitrogens is 4. The molecule has 51 heavy (non-hydrogen) atoms. The highest BCUT2D eigenvalue weighted by Gasteiger charge is 2.26. The van der Waals surface area contributed by atoms with E-state index >= 15 is 0 Å². The summed E-state index contributed by atoms with van der Waals surface area (Å²) in [5.41, 5.74) is 2.84. The summed E-state index contributed by atoms with van der Waals surface area (Å²) in [6.07, 6.45) is 16.7. The van der Waals surface area contributed by atoms with Gasteiger partial charge >= 0.3 is 0 Å². The molecule has 0 saturated carbocycles. The van der Waals surface area contributed by atoms with Crippen LogP contribution in [0.1, 0.15) is 101 Å². The van der Waals surface area contributed by atoms with E-state index in [0.717, 1.165) is 79.8 Å². The fraction of sp³-hybridized carbons (Fsp3) is 0.500. The van der Waals surface area contributed by atoms with Crippen LogP contribution in [0.5, 0.6) is 0 Å². The highest BCUT2D eigenvalue weighted by atomic mass is 32.1. The van der Waals surface area contributed by atoms with Crippen molar-refractivity contribution < 1.29 is 9.47 Å². The Kier molecular flexibility index (Phi) is 10.5. The van der Waals surface area contributed by atoms with Gasteiger partial charge in [0.25, 0.3) is 11.1 Å². The minimum atomic E-state index is -0.0923. The van der Waals surface area contributed by atoms with Crippen LogP contribution >= 0.6 is 34.0 Å². The fourth-order valence-corrected chi connectivity index (χ4v) is 10.8. The predicted octanol–water partition coefficient (Wildman–Crippen LogP) is 10.4. The molecule has 0 fully saturated rings. The molecule has 0 amide bonds. The maximum absolute atomic E-state index is 14.1. The highest BCUT2D eigenvalue weighted by Crippen LogP contribution is 2.44. The number of rotatable bonds is 20. The van der Waals surface area contributed by atoms with Gasteiger partial charge in [-0.15, -0.1) is 34.0 Å². The smallest absolute Gasteiger partial charge is 0.264 e. The summed E-state index contributed by atoms with van der Waals surface area (Å²) >= 11 is 4.86. The Morgan fingerprint density at radius 1 is 0.569 bits per heavy atom. The Morgan fingerprint density at radius 2 is 1.00 bits per heavy atom. The molecule has 0 unspecified atom stereocenters. The number of hydrogen-bond donors (Lipinski definition) is 0. The van der Waals surface area contributed by atoms with Crippen molar-refractivity contribution in [3.8, 4) is 0 Å². The molecule has 8 rings (SSSR count). The summed E-state index contributed by atoms with van der Waals surface area (Å²) in [6.45, 7) is 7.43. The molecule has 0 radical (unpaired) electrons. The first-order valence-electron chi connectivity index (χ1n) is 19.0. The van der Waals surface area contributed by atoms with Crippen molar-refractivity contribution in [1.29, 1.82) is 0 Å². The Labute approximate surface area is 308 Å². The summed E-state index contributed by atoms with van der Waals surface area (Å²) in [4.78, 5) is 42.3. The van der Waals surface area contributed by atoms with E-state index in [1.165, 1.54) is 74.0 Å². The highest BCUT2D eigenvalue weighted by molar-refractivity contribution is 7.27. The third-order valence-corrected chi connectivity index (χ3v) is 13.6. The third kappa shape index (κ3) is 6.54. The van der Waals surface area contributed by atoms with Gasteiger partial charge in [-0.2, -0.15) is 0 Å². The second-order valence-electron chi connectivity index (χ2n) is 13.9.